The van der Waals surface area contributed by atoms with E-state index in [4.69, 9.17) is 28.1 Å². The van der Waals surface area contributed by atoms with Gasteiger partial charge in [-0.15, -0.1) is 0 Å². The Morgan fingerprint density at radius 3 is 2.24 bits per heavy atom. The SMILES string of the molecule is COc1ccc2oc(=O)c([S+](C)CCOC(=O)c3cc(OC)c(OC)c(OC)c3)c(O)c2c1. The van der Waals surface area contributed by atoms with Crippen molar-refractivity contribution in [3.63, 3.8) is 0 Å². The van der Waals surface area contributed by atoms with Crippen molar-refractivity contribution in [2.24, 2.45) is 0 Å². The largest absolute Gasteiger partial charge is 0.503 e. The predicted octanol–water partition coefficient (Wildman–Crippen LogP) is 3.00. The maximum atomic E-state index is 12.6. The third kappa shape index (κ3) is 4.95. The molecule has 0 aliphatic carbocycles. The van der Waals surface area contributed by atoms with Crippen LogP contribution >= 0.6 is 0 Å². The summed E-state index contributed by atoms with van der Waals surface area (Å²) >= 11 is 0. The molecule has 0 fully saturated rings. The second kappa shape index (κ2) is 10.4. The lowest BCUT2D eigenvalue weighted by Gasteiger charge is -2.13. The summed E-state index contributed by atoms with van der Waals surface area (Å²) in [5.41, 5.74) is -0.152. The zero-order chi connectivity index (χ0) is 24.1. The number of aromatic hydroxyl groups is 1. The minimum Gasteiger partial charge on any atom is -0.503 e. The lowest BCUT2D eigenvalue weighted by molar-refractivity contribution is 0.0529. The van der Waals surface area contributed by atoms with Crippen LogP contribution in [0.2, 0.25) is 0 Å². The van der Waals surface area contributed by atoms with Gasteiger partial charge in [-0.2, -0.15) is 0 Å². The highest BCUT2D eigenvalue weighted by molar-refractivity contribution is 7.96. The summed E-state index contributed by atoms with van der Waals surface area (Å²) in [7, 11) is 5.12. The van der Waals surface area contributed by atoms with E-state index in [1.54, 1.807) is 24.5 Å². The van der Waals surface area contributed by atoms with Crippen molar-refractivity contribution in [2.45, 2.75) is 4.90 Å². The van der Waals surface area contributed by atoms with Crippen LogP contribution in [0.5, 0.6) is 28.7 Å². The Hall–Kier alpha value is -3.53. The van der Waals surface area contributed by atoms with Crippen molar-refractivity contribution in [3.8, 4) is 28.7 Å². The first-order chi connectivity index (χ1) is 15.8. The average molecular weight is 478 g/mol. The van der Waals surface area contributed by atoms with Gasteiger partial charge < -0.3 is 33.2 Å². The molecule has 0 aliphatic heterocycles. The minimum atomic E-state index is -0.755. The van der Waals surface area contributed by atoms with Crippen molar-refractivity contribution >= 4 is 27.8 Å². The van der Waals surface area contributed by atoms with E-state index in [9.17, 15) is 14.7 Å². The summed E-state index contributed by atoms with van der Waals surface area (Å²) in [6, 6.07) is 7.78. The van der Waals surface area contributed by atoms with E-state index in [0.29, 0.717) is 34.1 Å². The van der Waals surface area contributed by atoms with Crippen LogP contribution in [-0.4, -0.2) is 58.1 Å². The first-order valence-corrected chi connectivity index (χ1v) is 11.6. The molecular formula is C23H25O9S+. The number of esters is 1. The van der Waals surface area contributed by atoms with Crippen LogP contribution in [0, 0.1) is 0 Å². The molecule has 1 heterocycles. The van der Waals surface area contributed by atoms with Gasteiger partial charge in [0.05, 0.1) is 39.4 Å². The Bertz CT molecular complexity index is 1190. The van der Waals surface area contributed by atoms with E-state index in [-0.39, 0.29) is 28.4 Å². The van der Waals surface area contributed by atoms with Gasteiger partial charge in [-0.05, 0) is 30.3 Å². The summed E-state index contributed by atoms with van der Waals surface area (Å²) < 4.78 is 31.7. The quantitative estimate of drug-likeness (QED) is 0.282. The van der Waals surface area contributed by atoms with Gasteiger partial charge in [-0.1, -0.05) is 0 Å². The van der Waals surface area contributed by atoms with E-state index in [1.807, 2.05) is 0 Å². The molecular weight excluding hydrogens is 452 g/mol. The van der Waals surface area contributed by atoms with Crippen molar-refractivity contribution in [1.29, 1.82) is 0 Å². The second-order valence-corrected chi connectivity index (χ2v) is 8.91. The molecule has 33 heavy (non-hydrogen) atoms. The molecule has 0 saturated heterocycles. The number of benzene rings is 2. The second-order valence-electron chi connectivity index (χ2n) is 6.82. The molecule has 1 aromatic heterocycles. The fourth-order valence-electron chi connectivity index (χ4n) is 3.23. The number of hydrogen-bond acceptors (Lipinski definition) is 9. The Labute approximate surface area is 193 Å². The van der Waals surface area contributed by atoms with Crippen molar-refractivity contribution in [3.05, 3.63) is 46.3 Å². The molecule has 0 aliphatic rings. The van der Waals surface area contributed by atoms with Crippen LogP contribution in [0.1, 0.15) is 10.4 Å². The Morgan fingerprint density at radius 1 is 1.00 bits per heavy atom. The Balaban J connectivity index is 1.75. The molecule has 3 rings (SSSR count). The molecule has 0 amide bonds. The summed E-state index contributed by atoms with van der Waals surface area (Å²) in [6.07, 6.45) is 1.77. The smallest absolute Gasteiger partial charge is 0.396 e. The number of rotatable bonds is 9. The number of fused-ring (bicyclic) bond motifs is 1. The maximum absolute atomic E-state index is 12.6. The molecule has 10 heteroatoms. The lowest BCUT2D eigenvalue weighted by atomic mass is 10.2. The summed E-state index contributed by atoms with van der Waals surface area (Å²) in [5.74, 6) is 1.09. The number of carbonyl (C=O) groups is 1. The summed E-state index contributed by atoms with van der Waals surface area (Å²) in [6.45, 7) is 0.0180. The highest BCUT2D eigenvalue weighted by Crippen LogP contribution is 2.38. The van der Waals surface area contributed by atoms with Crippen molar-refractivity contribution < 1.29 is 38.0 Å². The van der Waals surface area contributed by atoms with Crippen LogP contribution in [0.4, 0.5) is 0 Å². The standard InChI is InChI=1S/C23H24O9S/c1-27-14-6-7-16-15(12-14)19(24)21(23(26)32-16)33(5)9-8-31-22(25)13-10-17(28-2)20(30-4)18(11-13)29-3/h6-7,10-12H,8-9H2,1-5H3/p+1. The van der Waals surface area contributed by atoms with Gasteiger partial charge >= 0.3 is 11.6 Å². The van der Waals surface area contributed by atoms with Gasteiger partial charge in [0, 0.05) is 10.9 Å². The lowest BCUT2D eigenvalue weighted by Crippen LogP contribution is -2.20. The highest BCUT2D eigenvalue weighted by Gasteiger charge is 2.29. The Morgan fingerprint density at radius 2 is 1.67 bits per heavy atom. The van der Waals surface area contributed by atoms with Crippen LogP contribution in [0.15, 0.2) is 44.4 Å². The van der Waals surface area contributed by atoms with Crippen LogP contribution in [-0.2, 0) is 15.6 Å². The first-order valence-electron chi connectivity index (χ1n) is 9.78. The Kier molecular flexibility index (Phi) is 7.59. The predicted molar refractivity (Wildman–Crippen MR) is 124 cm³/mol. The molecule has 2 aromatic carbocycles. The third-order valence-electron chi connectivity index (χ3n) is 4.92. The van der Waals surface area contributed by atoms with E-state index in [1.165, 1.54) is 40.6 Å². The van der Waals surface area contributed by atoms with Crippen molar-refractivity contribution in [1.82, 2.24) is 0 Å². The third-order valence-corrected chi connectivity index (χ3v) is 6.75. The molecule has 3 aromatic rings. The molecule has 0 saturated carbocycles. The molecule has 1 N–H and O–H groups in total. The van der Waals surface area contributed by atoms with E-state index in [2.05, 4.69) is 0 Å². The van der Waals surface area contributed by atoms with E-state index < -0.39 is 22.5 Å². The molecule has 176 valence electrons. The number of ether oxygens (including phenoxy) is 5. The molecule has 0 bridgehead atoms. The van der Waals surface area contributed by atoms with E-state index in [0.717, 1.165) is 0 Å². The zero-order valence-corrected chi connectivity index (χ0v) is 19.7. The van der Waals surface area contributed by atoms with Gasteiger partial charge in [0.25, 0.3) is 4.90 Å². The minimum absolute atomic E-state index is 0.0180. The first kappa shape index (κ1) is 24.1. The van der Waals surface area contributed by atoms with Crippen LogP contribution < -0.4 is 24.6 Å². The fraction of sp³-hybridized carbons (Fsp3) is 0.304. The molecule has 9 nitrogen and oxygen atoms in total. The molecule has 1 atom stereocenters. The van der Waals surface area contributed by atoms with Gasteiger partial charge in [-0.25, -0.2) is 9.59 Å². The molecule has 1 unspecified atom stereocenters. The van der Waals surface area contributed by atoms with Gasteiger partial charge in [0.15, 0.2) is 17.2 Å². The van der Waals surface area contributed by atoms with Gasteiger partial charge in [-0.3, -0.25) is 0 Å². The summed E-state index contributed by atoms with van der Waals surface area (Å²) in [4.78, 5) is 25.2. The number of methoxy groups -OCH3 is 4. The zero-order valence-electron chi connectivity index (χ0n) is 18.9. The van der Waals surface area contributed by atoms with Crippen LogP contribution in [0.3, 0.4) is 0 Å². The monoisotopic (exact) mass is 477 g/mol. The van der Waals surface area contributed by atoms with Gasteiger partial charge in [0.2, 0.25) is 5.75 Å². The highest BCUT2D eigenvalue weighted by atomic mass is 32.2. The number of carbonyl (C=O) groups excluding carboxylic acids is 1. The molecule has 0 radical (unpaired) electrons. The number of hydrogen-bond donors (Lipinski definition) is 1. The molecule has 0 spiro atoms. The average Bonchev–Trinajstić information content (AvgIpc) is 2.82. The van der Waals surface area contributed by atoms with E-state index >= 15 is 0 Å². The van der Waals surface area contributed by atoms with Gasteiger partial charge in [0.1, 0.15) is 29.9 Å². The fourth-order valence-corrected chi connectivity index (χ4v) is 4.53. The topological polar surface area (TPSA) is 114 Å². The van der Waals surface area contributed by atoms with Crippen molar-refractivity contribution in [2.75, 3.05) is 47.1 Å². The maximum Gasteiger partial charge on any atom is 0.396 e. The summed E-state index contributed by atoms with van der Waals surface area (Å²) in [5, 5.41) is 11.1. The normalized spacial score (nSPS) is 11.7. The van der Waals surface area contributed by atoms with Crippen LogP contribution in [0.25, 0.3) is 11.0 Å².